The zero-order valence-electron chi connectivity index (χ0n) is 20.9. The number of carboxylic acids is 1. The summed E-state index contributed by atoms with van der Waals surface area (Å²) in [7, 11) is 0. The van der Waals surface area contributed by atoms with Crippen LogP contribution < -0.4 is 14.2 Å². The zero-order chi connectivity index (χ0) is 26.1. The second-order valence-corrected chi connectivity index (χ2v) is 8.96. The van der Waals surface area contributed by atoms with Crippen molar-refractivity contribution in [1.29, 1.82) is 0 Å². The third-order valence-corrected chi connectivity index (χ3v) is 6.14. The maximum atomic E-state index is 12.1. The van der Waals surface area contributed by atoms with E-state index in [9.17, 15) is 19.5 Å². The van der Waals surface area contributed by atoms with Gasteiger partial charge in [0.05, 0.1) is 18.8 Å². The van der Waals surface area contributed by atoms with Crippen molar-refractivity contribution in [2.45, 2.75) is 64.9 Å². The Kier molecular flexibility index (Phi) is 9.87. The zero-order valence-corrected chi connectivity index (χ0v) is 20.9. The average Bonchev–Trinajstić information content (AvgIpc) is 2.86. The van der Waals surface area contributed by atoms with Gasteiger partial charge in [0.1, 0.15) is 17.2 Å². The highest BCUT2D eigenvalue weighted by Gasteiger charge is 2.27. The van der Waals surface area contributed by atoms with Gasteiger partial charge in [-0.05, 0) is 94.2 Å². The summed E-state index contributed by atoms with van der Waals surface area (Å²) in [4.78, 5) is 35.1. The van der Waals surface area contributed by atoms with E-state index in [-0.39, 0.29) is 18.2 Å². The number of aliphatic hydroxyl groups excluding tert-OH is 1. The Bertz CT molecular complexity index is 1090. The topological polar surface area (TPSA) is 119 Å². The molecule has 1 unspecified atom stereocenters. The van der Waals surface area contributed by atoms with E-state index in [2.05, 4.69) is 0 Å². The van der Waals surface area contributed by atoms with Gasteiger partial charge in [0.2, 0.25) is 0 Å². The standard InChI is InChI=1S/C28H34O8/c1-18(30)20-8-10-24(21(15-20)7-6-12-29)34-13-4-3-5-14-35-27-17-26-22(16-23(27)19(2)31)9-11-25(36-26)28(32)33/h8,10,15-17,25,29H,3-7,9,11-14H2,1-2H3,(H,32,33). The molecule has 0 bridgehead atoms. The number of rotatable bonds is 14. The number of benzene rings is 2. The van der Waals surface area contributed by atoms with Crippen molar-refractivity contribution in [2.75, 3.05) is 19.8 Å². The maximum Gasteiger partial charge on any atom is 0.344 e. The summed E-state index contributed by atoms with van der Waals surface area (Å²) in [5, 5.41) is 18.4. The summed E-state index contributed by atoms with van der Waals surface area (Å²) in [5.74, 6) is 0.458. The van der Waals surface area contributed by atoms with Crippen LogP contribution in [-0.2, 0) is 17.6 Å². The van der Waals surface area contributed by atoms with Crippen LogP contribution in [0.4, 0.5) is 0 Å². The maximum absolute atomic E-state index is 12.1. The van der Waals surface area contributed by atoms with Crippen LogP contribution in [0, 0.1) is 0 Å². The van der Waals surface area contributed by atoms with Gasteiger partial charge in [-0.25, -0.2) is 4.79 Å². The fraction of sp³-hybridized carbons (Fsp3) is 0.464. The molecule has 8 nitrogen and oxygen atoms in total. The van der Waals surface area contributed by atoms with E-state index in [0.29, 0.717) is 61.5 Å². The number of hydrogen-bond acceptors (Lipinski definition) is 7. The van der Waals surface area contributed by atoms with Crippen molar-refractivity contribution < 1.29 is 38.8 Å². The molecule has 1 aliphatic heterocycles. The number of carboxylic acid groups (broad SMARTS) is 1. The monoisotopic (exact) mass is 498 g/mol. The van der Waals surface area contributed by atoms with E-state index < -0.39 is 12.1 Å². The molecule has 3 rings (SSSR count). The predicted molar refractivity (Wildman–Crippen MR) is 134 cm³/mol. The number of unbranched alkanes of at least 4 members (excludes halogenated alkanes) is 2. The van der Waals surface area contributed by atoms with Crippen LogP contribution >= 0.6 is 0 Å². The second-order valence-electron chi connectivity index (χ2n) is 8.96. The molecule has 194 valence electrons. The SMILES string of the molecule is CC(=O)c1ccc(OCCCCCOc2cc3c(cc2C(C)=O)CCC(C(=O)O)O3)c(CCCO)c1. The van der Waals surface area contributed by atoms with E-state index in [1.54, 1.807) is 18.2 Å². The van der Waals surface area contributed by atoms with E-state index >= 15 is 0 Å². The first-order valence-electron chi connectivity index (χ1n) is 12.4. The second kappa shape index (κ2) is 13.1. The van der Waals surface area contributed by atoms with Gasteiger partial charge in [-0.3, -0.25) is 9.59 Å². The number of fused-ring (bicyclic) bond motifs is 1. The molecule has 0 amide bonds. The Morgan fingerprint density at radius 2 is 1.67 bits per heavy atom. The molecule has 2 N–H and O–H groups in total. The molecule has 8 heteroatoms. The van der Waals surface area contributed by atoms with Crippen LogP contribution in [0.25, 0.3) is 0 Å². The van der Waals surface area contributed by atoms with Crippen LogP contribution in [-0.4, -0.2) is 53.7 Å². The number of ether oxygens (including phenoxy) is 3. The van der Waals surface area contributed by atoms with Crippen LogP contribution in [0.1, 0.15) is 77.8 Å². The largest absolute Gasteiger partial charge is 0.493 e. The summed E-state index contributed by atoms with van der Waals surface area (Å²) in [6, 6.07) is 8.76. The highest BCUT2D eigenvalue weighted by molar-refractivity contribution is 5.97. The molecular formula is C28H34O8. The summed E-state index contributed by atoms with van der Waals surface area (Å²) in [5.41, 5.74) is 2.83. The van der Waals surface area contributed by atoms with Gasteiger partial charge in [-0.15, -0.1) is 0 Å². The number of hydrogen-bond donors (Lipinski definition) is 2. The van der Waals surface area contributed by atoms with E-state index in [1.807, 2.05) is 12.1 Å². The molecule has 1 heterocycles. The Labute approximate surface area is 211 Å². The molecule has 0 saturated heterocycles. The molecule has 36 heavy (non-hydrogen) atoms. The minimum atomic E-state index is -1.00. The minimum Gasteiger partial charge on any atom is -0.493 e. The highest BCUT2D eigenvalue weighted by atomic mass is 16.5. The molecule has 0 aliphatic carbocycles. The third kappa shape index (κ3) is 7.31. The number of Topliss-reactive ketones (excluding diaryl/α,β-unsaturated/α-hetero) is 2. The molecule has 0 aromatic heterocycles. The minimum absolute atomic E-state index is 0.00748. The van der Waals surface area contributed by atoms with Crippen molar-refractivity contribution >= 4 is 17.5 Å². The lowest BCUT2D eigenvalue weighted by molar-refractivity contribution is -0.145. The van der Waals surface area contributed by atoms with Crippen molar-refractivity contribution in [1.82, 2.24) is 0 Å². The van der Waals surface area contributed by atoms with Crippen LogP contribution in [0.3, 0.4) is 0 Å². The third-order valence-electron chi connectivity index (χ3n) is 6.14. The molecule has 0 spiro atoms. The van der Waals surface area contributed by atoms with Crippen LogP contribution in [0.15, 0.2) is 30.3 Å². The first-order valence-corrected chi connectivity index (χ1v) is 12.4. The first-order chi connectivity index (χ1) is 17.3. The number of aliphatic carboxylic acids is 1. The predicted octanol–water partition coefficient (Wildman–Crippen LogP) is 4.42. The number of carbonyl (C=O) groups excluding carboxylic acids is 2. The van der Waals surface area contributed by atoms with Gasteiger partial charge in [0, 0.05) is 18.2 Å². The highest BCUT2D eigenvalue weighted by Crippen LogP contribution is 2.35. The normalized spacial score (nSPS) is 14.5. The van der Waals surface area contributed by atoms with E-state index in [0.717, 1.165) is 36.1 Å². The first kappa shape index (κ1) is 27.2. The molecule has 2 aromatic rings. The molecule has 0 saturated carbocycles. The van der Waals surface area contributed by atoms with Crippen molar-refractivity contribution in [3.8, 4) is 17.2 Å². The summed E-state index contributed by atoms with van der Waals surface area (Å²) >= 11 is 0. The fourth-order valence-electron chi connectivity index (χ4n) is 4.13. The van der Waals surface area contributed by atoms with Gasteiger partial charge in [0.15, 0.2) is 17.7 Å². The lowest BCUT2D eigenvalue weighted by Crippen LogP contribution is -2.31. The van der Waals surface area contributed by atoms with Crippen LogP contribution in [0.2, 0.25) is 0 Å². The summed E-state index contributed by atoms with van der Waals surface area (Å²) < 4.78 is 17.4. The smallest absolute Gasteiger partial charge is 0.344 e. The summed E-state index contributed by atoms with van der Waals surface area (Å²) in [6.45, 7) is 3.99. The van der Waals surface area contributed by atoms with E-state index in [4.69, 9.17) is 19.3 Å². The fourth-order valence-corrected chi connectivity index (χ4v) is 4.13. The summed E-state index contributed by atoms with van der Waals surface area (Å²) in [6.07, 6.45) is 3.63. The Morgan fingerprint density at radius 3 is 2.31 bits per heavy atom. The number of aryl methyl sites for hydroxylation is 2. The van der Waals surface area contributed by atoms with Gasteiger partial charge in [-0.1, -0.05) is 0 Å². The quantitative estimate of drug-likeness (QED) is 0.290. The molecule has 1 aliphatic rings. The number of ketones is 2. The number of aliphatic hydroxyl groups is 1. The number of carbonyl (C=O) groups is 3. The average molecular weight is 499 g/mol. The van der Waals surface area contributed by atoms with E-state index in [1.165, 1.54) is 13.8 Å². The molecule has 1 atom stereocenters. The van der Waals surface area contributed by atoms with Gasteiger partial charge in [0.25, 0.3) is 0 Å². The Hall–Kier alpha value is -3.39. The Morgan fingerprint density at radius 1 is 0.944 bits per heavy atom. The molecule has 0 radical (unpaired) electrons. The van der Waals surface area contributed by atoms with Crippen molar-refractivity contribution in [2.24, 2.45) is 0 Å². The molecular weight excluding hydrogens is 464 g/mol. The van der Waals surface area contributed by atoms with Crippen LogP contribution in [0.5, 0.6) is 17.2 Å². The Balaban J connectivity index is 1.49. The van der Waals surface area contributed by atoms with Gasteiger partial charge < -0.3 is 24.4 Å². The van der Waals surface area contributed by atoms with Crippen molar-refractivity contribution in [3.63, 3.8) is 0 Å². The van der Waals surface area contributed by atoms with Gasteiger partial charge >= 0.3 is 5.97 Å². The van der Waals surface area contributed by atoms with Crippen molar-refractivity contribution in [3.05, 3.63) is 52.6 Å². The lowest BCUT2D eigenvalue weighted by atomic mass is 9.98. The van der Waals surface area contributed by atoms with Gasteiger partial charge in [-0.2, -0.15) is 0 Å². The molecule has 0 fully saturated rings. The molecule has 2 aromatic carbocycles. The lowest BCUT2D eigenvalue weighted by Gasteiger charge is -2.24.